The average molecular weight is 918 g/mol. The zero-order chi connectivity index (χ0) is 50.9. The molecule has 285 valence electrons. The Morgan fingerprint density at radius 1 is 0.800 bits per heavy atom. The van der Waals surface area contributed by atoms with Crippen molar-refractivity contribution in [2.75, 3.05) is 0 Å². The summed E-state index contributed by atoms with van der Waals surface area (Å²) in [6.45, 7) is 0.264. The van der Waals surface area contributed by atoms with Crippen LogP contribution in [0.25, 0.3) is 55.6 Å². The molecule has 1 saturated carbocycles. The quantitative estimate of drug-likeness (QED) is 0.162. The number of aryl methyl sites for hydroxylation is 4. The van der Waals surface area contributed by atoms with Crippen molar-refractivity contribution < 1.29 is 45.1 Å². The Morgan fingerprint density at radius 3 is 2.27 bits per heavy atom. The Bertz CT molecular complexity index is 2990. The molecule has 4 heteroatoms. The van der Waals surface area contributed by atoms with Crippen molar-refractivity contribution in [1.29, 1.82) is 0 Å². The van der Waals surface area contributed by atoms with Crippen LogP contribution in [0.15, 0.2) is 102 Å². The van der Waals surface area contributed by atoms with Crippen LogP contribution in [0.3, 0.4) is 0 Å². The van der Waals surface area contributed by atoms with E-state index in [9.17, 15) is 1.37 Å². The summed E-state index contributed by atoms with van der Waals surface area (Å²) in [4.78, 5) is 8.78. The van der Waals surface area contributed by atoms with Crippen LogP contribution >= 0.6 is 0 Å². The number of hydrogen-bond acceptors (Lipinski definition) is 3. The molecule has 1 radical (unpaired) electrons. The second kappa shape index (κ2) is 16.4. The number of benzene rings is 4. The number of rotatable bonds is 5. The van der Waals surface area contributed by atoms with Crippen LogP contribution in [0.2, 0.25) is 0 Å². The van der Waals surface area contributed by atoms with Crippen molar-refractivity contribution in [2.24, 2.45) is 10.8 Å². The number of furan rings is 1. The third kappa shape index (κ3) is 9.37. The standard InChI is InChI=1S/C34H34NO.C17H20N.Ir/c1-21-9-11-27-28-7-6-8-29(33(28)36-32(27)17-21)31-19-30(23(3)20-35-31)26-12-10-25(18-22(26)2)24-13-15-34(4,5)16-14-24;1-13-5-8-15(9-6-13)16-10-7-14(12-18-16)11-17(2,3)4;/h6-7,9-12,17-20,24H,13-16H2,1-5H3;5-8,10,12H,11H2,1-4H3;/q2*-1;/i1D3,2D3,3D3,24D;1D3,11D2;. The van der Waals surface area contributed by atoms with E-state index in [1.807, 2.05) is 20.8 Å². The summed E-state index contributed by atoms with van der Waals surface area (Å²) in [5.74, 6) is -0.935. The molecule has 0 bridgehead atoms. The second-order valence-corrected chi connectivity index (χ2v) is 15.8. The minimum atomic E-state index is -2.60. The molecule has 0 N–H and O–H groups in total. The van der Waals surface area contributed by atoms with Crippen LogP contribution < -0.4 is 0 Å². The van der Waals surface area contributed by atoms with Crippen LogP contribution in [0.1, 0.15) is 120 Å². The average Bonchev–Trinajstić information content (AvgIpc) is 3.64. The predicted octanol–water partition coefficient (Wildman–Crippen LogP) is 14.2. The van der Waals surface area contributed by atoms with Gasteiger partial charge in [-0.15, -0.1) is 53.6 Å². The normalized spacial score (nSPS) is 20.1. The van der Waals surface area contributed by atoms with Gasteiger partial charge in [-0.1, -0.05) is 101 Å². The molecular formula is C51H54IrN2O-2. The van der Waals surface area contributed by atoms with E-state index in [1.54, 1.807) is 66.7 Å². The molecular weight excluding hydrogens is 849 g/mol. The van der Waals surface area contributed by atoms with Gasteiger partial charge in [-0.25, -0.2) is 0 Å². The van der Waals surface area contributed by atoms with Crippen LogP contribution in [-0.2, 0) is 26.5 Å². The first-order valence-corrected chi connectivity index (χ1v) is 18.2. The van der Waals surface area contributed by atoms with E-state index in [2.05, 4.69) is 35.9 Å². The first-order chi connectivity index (χ1) is 31.7. The fraction of sp³-hybridized carbons (Fsp3) is 0.333. The summed E-state index contributed by atoms with van der Waals surface area (Å²) in [7, 11) is 0. The Kier molecular flexibility index (Phi) is 7.45. The van der Waals surface area contributed by atoms with Gasteiger partial charge in [-0.2, -0.15) is 0 Å². The molecule has 1 aliphatic carbocycles. The van der Waals surface area contributed by atoms with E-state index in [0.29, 0.717) is 68.4 Å². The van der Waals surface area contributed by atoms with Crippen molar-refractivity contribution in [2.45, 2.75) is 100.0 Å². The molecule has 0 unspecified atom stereocenters. The van der Waals surface area contributed by atoms with Crippen LogP contribution in [0.5, 0.6) is 0 Å². The van der Waals surface area contributed by atoms with E-state index in [1.165, 1.54) is 30.6 Å². The molecule has 0 saturated heterocycles. The summed E-state index contributed by atoms with van der Waals surface area (Å²) < 4.78 is 127. The molecule has 3 nitrogen and oxygen atoms in total. The van der Waals surface area contributed by atoms with Crippen LogP contribution in [0.4, 0.5) is 0 Å². The minimum Gasteiger partial charge on any atom is -0.501 e. The Balaban J connectivity index is 0.000000282. The largest absolute Gasteiger partial charge is 0.501 e. The maximum absolute atomic E-state index is 9.24. The Hall–Kier alpha value is -4.37. The third-order valence-electron chi connectivity index (χ3n) is 9.89. The van der Waals surface area contributed by atoms with Gasteiger partial charge < -0.3 is 14.4 Å². The van der Waals surface area contributed by atoms with Crippen molar-refractivity contribution in [3.05, 3.63) is 143 Å². The number of aromatic nitrogens is 2. The van der Waals surface area contributed by atoms with Gasteiger partial charge in [-0.05, 0) is 126 Å². The maximum Gasteiger partial charge on any atom is 0.121 e. The summed E-state index contributed by atoms with van der Waals surface area (Å²) in [5, 5.41) is 1.40. The molecule has 7 aromatic rings. The van der Waals surface area contributed by atoms with E-state index in [-0.39, 0.29) is 58.9 Å². The molecule has 8 rings (SSSR count). The SMILES string of the molecule is [2H]C([2H])([2H])c1c[c-]c(-c2ccc(C([2H])([2H])C(C)(C)C)cn2)cc1.[2H]C([2H])([2H])c1ccc2c(c1)oc1c(-c3cc(-c4ccc(C5([2H])CCC(C)(C)CC5)cc4C([2H])([2H])[2H])c(C([2H])([2H])[2H])cn3)[c-]ccc12.[Ir]. The topological polar surface area (TPSA) is 38.9 Å². The summed E-state index contributed by atoms with van der Waals surface area (Å²) in [6.07, 6.45) is 4.18. The fourth-order valence-electron chi connectivity index (χ4n) is 6.91. The molecule has 0 aliphatic heterocycles. The van der Waals surface area contributed by atoms with Crippen molar-refractivity contribution in [3.8, 4) is 33.6 Å². The zero-order valence-electron chi connectivity index (χ0n) is 46.7. The smallest absolute Gasteiger partial charge is 0.121 e. The molecule has 0 amide bonds. The van der Waals surface area contributed by atoms with Gasteiger partial charge >= 0.3 is 0 Å². The van der Waals surface area contributed by atoms with Crippen LogP contribution in [0, 0.1) is 50.4 Å². The summed E-state index contributed by atoms with van der Waals surface area (Å²) >= 11 is 0. The molecule has 3 aromatic heterocycles. The van der Waals surface area contributed by atoms with Gasteiger partial charge in [0.25, 0.3) is 0 Å². The van der Waals surface area contributed by atoms with Crippen molar-refractivity contribution in [1.82, 2.24) is 9.97 Å². The van der Waals surface area contributed by atoms with E-state index in [4.69, 9.17) is 23.6 Å². The van der Waals surface area contributed by atoms with Gasteiger partial charge in [0.2, 0.25) is 0 Å². The van der Waals surface area contributed by atoms with Crippen molar-refractivity contribution in [3.63, 3.8) is 0 Å². The summed E-state index contributed by atoms with van der Waals surface area (Å²) in [6, 6.07) is 28.9. The number of pyridine rings is 2. The number of nitrogens with zero attached hydrogens (tertiary/aromatic N) is 2. The molecule has 4 aromatic carbocycles. The van der Waals surface area contributed by atoms with Gasteiger partial charge in [0.15, 0.2) is 0 Å². The monoisotopic (exact) mass is 918 g/mol. The van der Waals surface area contributed by atoms with Crippen LogP contribution in [-0.4, -0.2) is 9.97 Å². The first-order valence-electron chi connectivity index (χ1n) is 25.7. The van der Waals surface area contributed by atoms with E-state index < -0.39 is 45.1 Å². The number of fused-ring (bicyclic) bond motifs is 3. The Morgan fingerprint density at radius 2 is 1.58 bits per heavy atom. The summed E-state index contributed by atoms with van der Waals surface area (Å²) in [5.41, 5.74) is 4.21. The maximum atomic E-state index is 9.24. The first kappa shape index (κ1) is 25.0. The second-order valence-electron chi connectivity index (χ2n) is 15.8. The third-order valence-corrected chi connectivity index (χ3v) is 9.89. The molecule has 1 aliphatic rings. The molecule has 1 fully saturated rings. The Labute approximate surface area is 363 Å². The fourth-order valence-corrected chi connectivity index (χ4v) is 6.91. The van der Waals surface area contributed by atoms with E-state index in [0.717, 1.165) is 12.8 Å². The van der Waals surface area contributed by atoms with Gasteiger partial charge in [-0.3, -0.25) is 0 Å². The van der Waals surface area contributed by atoms with Gasteiger partial charge in [0, 0.05) is 58.4 Å². The zero-order valence-corrected chi connectivity index (χ0v) is 34.1. The van der Waals surface area contributed by atoms with Crippen molar-refractivity contribution >= 4 is 21.9 Å². The molecule has 55 heavy (non-hydrogen) atoms. The predicted molar refractivity (Wildman–Crippen MR) is 227 cm³/mol. The van der Waals surface area contributed by atoms with Gasteiger partial charge in [0.05, 0.1) is 5.58 Å². The number of hydrogen-bond donors (Lipinski definition) is 0. The minimum absolute atomic E-state index is 0. The molecule has 0 spiro atoms. The van der Waals surface area contributed by atoms with Gasteiger partial charge in [0.1, 0.15) is 5.58 Å². The van der Waals surface area contributed by atoms with E-state index >= 15 is 0 Å². The molecule has 0 atom stereocenters. The molecule has 3 heterocycles.